The predicted molar refractivity (Wildman–Crippen MR) is 80.9 cm³/mol. The van der Waals surface area contributed by atoms with Gasteiger partial charge in [0.15, 0.2) is 6.79 Å². The number of hydrogen-bond donors (Lipinski definition) is 0. The van der Waals surface area contributed by atoms with Crippen LogP contribution in [0.25, 0.3) is 0 Å². The Bertz CT molecular complexity index is 428. The maximum absolute atomic E-state index is 5.58. The fraction of sp³-hybridized carbons (Fsp3) is 0.647. The number of ether oxygens (including phenoxy) is 2. The smallest absolute Gasteiger partial charge is 0.189 e. The van der Waals surface area contributed by atoms with Gasteiger partial charge in [-0.2, -0.15) is 0 Å². The Balaban J connectivity index is 0.000000550. The Labute approximate surface area is 118 Å². The van der Waals surface area contributed by atoms with E-state index >= 15 is 0 Å². The molecule has 19 heavy (non-hydrogen) atoms. The molecule has 2 rings (SSSR count). The molecule has 0 saturated carbocycles. The van der Waals surface area contributed by atoms with E-state index in [1.54, 1.807) is 0 Å². The topological polar surface area (TPSA) is 18.5 Å². The second kappa shape index (κ2) is 6.42. The van der Waals surface area contributed by atoms with Gasteiger partial charge in [0.05, 0.1) is 6.61 Å². The van der Waals surface area contributed by atoms with Crippen molar-refractivity contribution in [1.82, 2.24) is 0 Å². The number of fused-ring (bicyclic) bond motifs is 1. The second-order valence-electron chi connectivity index (χ2n) is 6.24. The van der Waals surface area contributed by atoms with E-state index in [4.69, 9.17) is 9.47 Å². The minimum absolute atomic E-state index is 0.168. The third-order valence-corrected chi connectivity index (χ3v) is 3.19. The minimum atomic E-state index is 0.168. The molecule has 1 heterocycles. The van der Waals surface area contributed by atoms with Crippen molar-refractivity contribution in [1.29, 1.82) is 0 Å². The van der Waals surface area contributed by atoms with Gasteiger partial charge in [-0.15, -0.1) is 0 Å². The molecule has 0 N–H and O–H groups in total. The lowest BCUT2D eigenvalue weighted by molar-refractivity contribution is -0.0173. The summed E-state index contributed by atoms with van der Waals surface area (Å²) in [5.41, 5.74) is 5.30. The Morgan fingerprint density at radius 3 is 2.26 bits per heavy atom. The molecule has 0 unspecified atom stereocenters. The molecule has 1 aliphatic heterocycles. The Kier molecular flexibility index (Phi) is 5.42. The van der Waals surface area contributed by atoms with Crippen LogP contribution in [0, 0.1) is 13.8 Å². The summed E-state index contributed by atoms with van der Waals surface area (Å²) in [4.78, 5) is 0. The quantitative estimate of drug-likeness (QED) is 0.664. The van der Waals surface area contributed by atoms with Crippen molar-refractivity contribution in [3.8, 4) is 5.75 Å². The monoisotopic (exact) mass is 264 g/mol. The maximum Gasteiger partial charge on any atom is 0.189 e. The van der Waals surface area contributed by atoms with Gasteiger partial charge >= 0.3 is 0 Å². The molecule has 0 amide bonds. The van der Waals surface area contributed by atoms with Crippen LogP contribution < -0.4 is 4.74 Å². The molecule has 0 aromatic heterocycles. The molecule has 2 nitrogen and oxygen atoms in total. The zero-order valence-corrected chi connectivity index (χ0v) is 13.5. The largest absolute Gasteiger partial charge is 0.467 e. The molecule has 1 aromatic carbocycles. The van der Waals surface area contributed by atoms with Crippen LogP contribution in [-0.4, -0.2) is 6.79 Å². The number of benzene rings is 1. The van der Waals surface area contributed by atoms with Gasteiger partial charge in [0, 0.05) is 5.56 Å². The molecule has 0 radical (unpaired) electrons. The molecule has 1 aromatic rings. The van der Waals surface area contributed by atoms with Crippen molar-refractivity contribution in [2.75, 3.05) is 6.79 Å². The van der Waals surface area contributed by atoms with Crippen LogP contribution >= 0.6 is 0 Å². The minimum Gasteiger partial charge on any atom is -0.467 e. The van der Waals surface area contributed by atoms with E-state index in [9.17, 15) is 0 Å². The number of aryl methyl sites for hydroxylation is 1. The zero-order chi connectivity index (χ0) is 14.6. The first-order chi connectivity index (χ1) is 8.82. The lowest BCUT2D eigenvalue weighted by Gasteiger charge is -2.28. The van der Waals surface area contributed by atoms with Crippen LogP contribution in [0.4, 0.5) is 0 Å². The summed E-state index contributed by atoms with van der Waals surface area (Å²) >= 11 is 0. The summed E-state index contributed by atoms with van der Waals surface area (Å²) < 4.78 is 11.0. The molecule has 0 spiro atoms. The van der Waals surface area contributed by atoms with E-state index in [-0.39, 0.29) is 5.41 Å². The van der Waals surface area contributed by atoms with Crippen molar-refractivity contribution < 1.29 is 9.47 Å². The fourth-order valence-corrected chi connectivity index (χ4v) is 2.36. The third kappa shape index (κ3) is 3.73. The SMILES string of the molecule is CCC.Cc1cc(C(C)(C)C)c(C)c2c1OCOC2. The van der Waals surface area contributed by atoms with Crippen LogP contribution in [-0.2, 0) is 16.8 Å². The van der Waals surface area contributed by atoms with E-state index in [2.05, 4.69) is 54.5 Å². The summed E-state index contributed by atoms with van der Waals surface area (Å²) in [6, 6.07) is 2.25. The van der Waals surface area contributed by atoms with Crippen LogP contribution in [0.3, 0.4) is 0 Å². The summed E-state index contributed by atoms with van der Waals surface area (Å²) in [5, 5.41) is 0. The van der Waals surface area contributed by atoms with E-state index in [1.807, 2.05) is 0 Å². The van der Waals surface area contributed by atoms with Crippen LogP contribution in [0.5, 0.6) is 5.75 Å². The van der Waals surface area contributed by atoms with E-state index < -0.39 is 0 Å². The summed E-state index contributed by atoms with van der Waals surface area (Å²) in [5.74, 6) is 1.02. The first kappa shape index (κ1) is 16.0. The third-order valence-electron chi connectivity index (χ3n) is 3.19. The maximum atomic E-state index is 5.58. The Morgan fingerprint density at radius 2 is 1.74 bits per heavy atom. The van der Waals surface area contributed by atoms with Crippen molar-refractivity contribution in [3.05, 3.63) is 28.3 Å². The molecule has 0 fully saturated rings. The molecular weight excluding hydrogens is 236 g/mol. The average molecular weight is 264 g/mol. The van der Waals surface area contributed by atoms with Gasteiger partial charge in [0.1, 0.15) is 5.75 Å². The van der Waals surface area contributed by atoms with Crippen LogP contribution in [0.2, 0.25) is 0 Å². The Hall–Kier alpha value is -1.02. The molecule has 1 aliphatic rings. The van der Waals surface area contributed by atoms with Gasteiger partial charge in [-0.3, -0.25) is 0 Å². The number of hydrogen-bond acceptors (Lipinski definition) is 2. The van der Waals surface area contributed by atoms with E-state index in [0.29, 0.717) is 13.4 Å². The van der Waals surface area contributed by atoms with Gasteiger partial charge in [0.25, 0.3) is 0 Å². The second-order valence-corrected chi connectivity index (χ2v) is 6.24. The summed E-state index contributed by atoms with van der Waals surface area (Å²) in [6.45, 7) is 16.3. The Morgan fingerprint density at radius 1 is 1.16 bits per heavy atom. The average Bonchev–Trinajstić information content (AvgIpc) is 2.33. The van der Waals surface area contributed by atoms with E-state index in [1.165, 1.54) is 28.7 Å². The summed E-state index contributed by atoms with van der Waals surface area (Å²) in [7, 11) is 0. The van der Waals surface area contributed by atoms with Gasteiger partial charge in [-0.1, -0.05) is 47.1 Å². The molecule has 0 saturated heterocycles. The molecule has 108 valence electrons. The number of rotatable bonds is 0. The highest BCUT2D eigenvalue weighted by Gasteiger charge is 2.23. The van der Waals surface area contributed by atoms with Gasteiger partial charge in [0.2, 0.25) is 0 Å². The molecule has 0 atom stereocenters. The summed E-state index contributed by atoms with van der Waals surface area (Å²) in [6.07, 6.45) is 1.25. The van der Waals surface area contributed by atoms with Crippen molar-refractivity contribution in [2.45, 2.75) is 66.9 Å². The molecule has 0 aliphatic carbocycles. The van der Waals surface area contributed by atoms with Crippen LogP contribution in [0.1, 0.15) is 63.3 Å². The van der Waals surface area contributed by atoms with Crippen molar-refractivity contribution in [2.24, 2.45) is 0 Å². The van der Waals surface area contributed by atoms with Gasteiger partial charge < -0.3 is 9.47 Å². The normalized spacial score (nSPS) is 14.1. The zero-order valence-electron chi connectivity index (χ0n) is 13.5. The van der Waals surface area contributed by atoms with Crippen molar-refractivity contribution in [3.63, 3.8) is 0 Å². The van der Waals surface area contributed by atoms with E-state index in [0.717, 1.165) is 5.75 Å². The molecular formula is C17H28O2. The molecule has 2 heteroatoms. The first-order valence-corrected chi connectivity index (χ1v) is 7.17. The predicted octanol–water partition coefficient (Wildman–Crippen LogP) is 4.88. The lowest BCUT2D eigenvalue weighted by Crippen LogP contribution is -2.19. The highest BCUT2D eigenvalue weighted by Crippen LogP contribution is 2.37. The standard InChI is InChI=1S/C14H20O2.C3H8/c1-9-6-12(14(3,4)5)10(2)11-7-15-8-16-13(9)11;1-3-2/h6H,7-8H2,1-5H3;3H2,1-2H3. The highest BCUT2D eigenvalue weighted by atomic mass is 16.7. The first-order valence-electron chi connectivity index (χ1n) is 7.17. The fourth-order valence-electron chi connectivity index (χ4n) is 2.36. The molecule has 0 bridgehead atoms. The van der Waals surface area contributed by atoms with Crippen molar-refractivity contribution >= 4 is 0 Å². The van der Waals surface area contributed by atoms with Gasteiger partial charge in [-0.05, 0) is 36.0 Å². The van der Waals surface area contributed by atoms with Crippen LogP contribution in [0.15, 0.2) is 6.07 Å². The highest BCUT2D eigenvalue weighted by molar-refractivity contribution is 5.51. The van der Waals surface area contributed by atoms with Gasteiger partial charge in [-0.25, -0.2) is 0 Å². The lowest BCUT2D eigenvalue weighted by atomic mass is 9.81.